The first-order valence-corrected chi connectivity index (χ1v) is 9.25. The number of aromatic nitrogens is 1. The second-order valence-electron chi connectivity index (χ2n) is 6.56. The maximum Gasteiger partial charge on any atom is 0.310 e. The van der Waals surface area contributed by atoms with E-state index in [2.05, 4.69) is 28.9 Å². The summed E-state index contributed by atoms with van der Waals surface area (Å²) < 4.78 is 7.58. The van der Waals surface area contributed by atoms with E-state index >= 15 is 0 Å². The highest BCUT2D eigenvalue weighted by Gasteiger charge is 2.15. The van der Waals surface area contributed by atoms with Crippen molar-refractivity contribution in [2.75, 3.05) is 11.9 Å². The lowest BCUT2D eigenvalue weighted by Gasteiger charge is -2.08. The van der Waals surface area contributed by atoms with Crippen molar-refractivity contribution in [3.05, 3.63) is 76.8 Å². The molecule has 1 aromatic heterocycles. The van der Waals surface area contributed by atoms with Gasteiger partial charge in [-0.05, 0) is 37.3 Å². The zero-order valence-electron chi connectivity index (χ0n) is 15.8. The van der Waals surface area contributed by atoms with Crippen molar-refractivity contribution in [1.82, 2.24) is 4.57 Å². The fraction of sp³-hybridized carbons (Fsp3) is 0.136. The number of carbonyl (C=O) groups is 1. The van der Waals surface area contributed by atoms with Gasteiger partial charge in [0.25, 0.3) is 5.91 Å². The van der Waals surface area contributed by atoms with Gasteiger partial charge in [-0.25, -0.2) is 0 Å². The molecule has 0 saturated carbocycles. The molecule has 0 saturated heterocycles. The normalized spacial score (nSPS) is 10.9. The second-order valence-corrected chi connectivity index (χ2v) is 6.56. The number of nitrogens with one attached hydrogen (secondary N) is 1. The molecule has 0 spiro atoms. The zero-order chi connectivity index (χ0) is 20.4. The number of fused-ring (bicyclic) bond motifs is 3. The molecule has 4 rings (SSSR count). The van der Waals surface area contributed by atoms with E-state index in [0.29, 0.717) is 5.69 Å². The van der Waals surface area contributed by atoms with Gasteiger partial charge < -0.3 is 14.6 Å². The molecular formula is C22H19N3O4. The van der Waals surface area contributed by atoms with Gasteiger partial charge >= 0.3 is 5.69 Å². The molecule has 1 N–H and O–H groups in total. The van der Waals surface area contributed by atoms with Crippen molar-refractivity contribution < 1.29 is 14.5 Å². The Kier molecular flexibility index (Phi) is 4.87. The van der Waals surface area contributed by atoms with Crippen LogP contribution in [-0.4, -0.2) is 22.0 Å². The van der Waals surface area contributed by atoms with E-state index in [-0.39, 0.29) is 24.0 Å². The predicted molar refractivity (Wildman–Crippen MR) is 112 cm³/mol. The Hall–Kier alpha value is -3.87. The largest absolute Gasteiger partial charge is 0.477 e. The van der Waals surface area contributed by atoms with Gasteiger partial charge in [-0.15, -0.1) is 0 Å². The van der Waals surface area contributed by atoms with Gasteiger partial charge in [0.05, 0.1) is 4.92 Å². The first-order valence-electron chi connectivity index (χ1n) is 9.25. The minimum Gasteiger partial charge on any atom is -0.477 e. The molecule has 4 aromatic rings. The number of anilines is 1. The topological polar surface area (TPSA) is 86.4 Å². The highest BCUT2D eigenvalue weighted by Crippen LogP contribution is 2.31. The van der Waals surface area contributed by atoms with Crippen molar-refractivity contribution in [3.63, 3.8) is 0 Å². The van der Waals surface area contributed by atoms with Crippen molar-refractivity contribution >= 4 is 39.1 Å². The van der Waals surface area contributed by atoms with Crippen molar-refractivity contribution in [1.29, 1.82) is 0 Å². The third-order valence-electron chi connectivity index (χ3n) is 4.79. The Morgan fingerprint density at radius 2 is 1.76 bits per heavy atom. The number of ether oxygens (including phenoxy) is 1. The van der Waals surface area contributed by atoms with Crippen LogP contribution in [0.4, 0.5) is 11.4 Å². The van der Waals surface area contributed by atoms with E-state index in [1.54, 1.807) is 12.1 Å². The van der Waals surface area contributed by atoms with E-state index in [1.165, 1.54) is 12.1 Å². The molecular weight excluding hydrogens is 370 g/mol. The molecule has 7 heteroatoms. The first-order chi connectivity index (χ1) is 14.1. The molecule has 1 heterocycles. The zero-order valence-corrected chi connectivity index (χ0v) is 15.8. The minimum atomic E-state index is -0.537. The highest BCUT2D eigenvalue weighted by molar-refractivity contribution is 6.09. The Morgan fingerprint density at radius 1 is 1.03 bits per heavy atom. The number of nitro groups is 1. The van der Waals surface area contributed by atoms with E-state index in [0.717, 1.165) is 28.4 Å². The van der Waals surface area contributed by atoms with Crippen LogP contribution in [0.1, 0.15) is 6.92 Å². The molecule has 1 amide bonds. The van der Waals surface area contributed by atoms with Crippen LogP contribution in [0, 0.1) is 10.1 Å². The number of hydrogen-bond donors (Lipinski definition) is 1. The summed E-state index contributed by atoms with van der Waals surface area (Å²) in [6, 6.07) is 19.9. The van der Waals surface area contributed by atoms with E-state index in [9.17, 15) is 14.9 Å². The van der Waals surface area contributed by atoms with E-state index in [1.807, 2.05) is 30.3 Å². The van der Waals surface area contributed by atoms with Gasteiger partial charge in [-0.3, -0.25) is 14.9 Å². The predicted octanol–water partition coefficient (Wildman–Crippen LogP) is 4.74. The van der Waals surface area contributed by atoms with Crippen molar-refractivity contribution in [2.45, 2.75) is 13.5 Å². The quantitative estimate of drug-likeness (QED) is 0.381. The highest BCUT2D eigenvalue weighted by atomic mass is 16.6. The number of aryl methyl sites for hydroxylation is 1. The third-order valence-corrected chi connectivity index (χ3v) is 4.79. The monoisotopic (exact) mass is 389 g/mol. The van der Waals surface area contributed by atoms with Crippen molar-refractivity contribution in [3.8, 4) is 5.75 Å². The fourth-order valence-corrected chi connectivity index (χ4v) is 3.54. The molecule has 7 nitrogen and oxygen atoms in total. The average molecular weight is 389 g/mol. The lowest BCUT2D eigenvalue weighted by Crippen LogP contribution is -2.20. The van der Waals surface area contributed by atoms with E-state index in [4.69, 9.17) is 4.74 Å². The van der Waals surface area contributed by atoms with Gasteiger partial charge in [0.1, 0.15) is 0 Å². The van der Waals surface area contributed by atoms with Gasteiger partial charge in [-0.1, -0.05) is 30.3 Å². The summed E-state index contributed by atoms with van der Waals surface area (Å²) in [5, 5.41) is 16.0. The number of hydrogen-bond acceptors (Lipinski definition) is 4. The minimum absolute atomic E-state index is 0.0640. The van der Waals surface area contributed by atoms with Gasteiger partial charge in [0.15, 0.2) is 12.4 Å². The summed E-state index contributed by atoms with van der Waals surface area (Å²) in [4.78, 5) is 22.8. The van der Waals surface area contributed by atoms with Crippen LogP contribution in [0.3, 0.4) is 0 Å². The maximum atomic E-state index is 12.3. The maximum absolute atomic E-state index is 12.3. The summed E-state index contributed by atoms with van der Waals surface area (Å²) in [5.41, 5.74) is 2.72. The molecule has 0 aliphatic carbocycles. The first kappa shape index (κ1) is 18.5. The average Bonchev–Trinajstić information content (AvgIpc) is 3.05. The Bertz CT molecular complexity index is 1230. The van der Waals surface area contributed by atoms with Crippen LogP contribution >= 0.6 is 0 Å². The van der Waals surface area contributed by atoms with Crippen LogP contribution in [0.15, 0.2) is 66.7 Å². The Labute approximate surface area is 166 Å². The molecule has 0 radical (unpaired) electrons. The summed E-state index contributed by atoms with van der Waals surface area (Å²) >= 11 is 0. The van der Waals surface area contributed by atoms with Crippen molar-refractivity contribution in [2.24, 2.45) is 0 Å². The number of benzene rings is 3. The second kappa shape index (κ2) is 7.63. The molecule has 0 unspecified atom stereocenters. The van der Waals surface area contributed by atoms with Crippen LogP contribution in [-0.2, 0) is 11.3 Å². The number of nitrogens with zero attached hydrogens (tertiary/aromatic N) is 2. The summed E-state index contributed by atoms with van der Waals surface area (Å²) in [6.07, 6.45) is 0. The smallest absolute Gasteiger partial charge is 0.310 e. The number of rotatable bonds is 6. The van der Waals surface area contributed by atoms with Crippen LogP contribution in [0.2, 0.25) is 0 Å². The number of carbonyl (C=O) groups excluding carboxylic acids is 1. The lowest BCUT2D eigenvalue weighted by atomic mass is 10.1. The fourth-order valence-electron chi connectivity index (χ4n) is 3.54. The molecule has 0 atom stereocenters. The van der Waals surface area contributed by atoms with E-state index < -0.39 is 4.92 Å². The lowest BCUT2D eigenvalue weighted by molar-refractivity contribution is -0.385. The molecule has 0 bridgehead atoms. The Morgan fingerprint density at radius 3 is 2.55 bits per heavy atom. The number of para-hydroxylation sites is 3. The number of nitro benzene ring substituents is 1. The summed E-state index contributed by atoms with van der Waals surface area (Å²) in [6.45, 7) is 2.63. The molecule has 0 fully saturated rings. The van der Waals surface area contributed by atoms with Gasteiger partial charge in [-0.2, -0.15) is 0 Å². The summed E-state index contributed by atoms with van der Waals surface area (Å²) in [7, 11) is 0. The van der Waals surface area contributed by atoms with Crippen LogP contribution in [0.5, 0.6) is 5.75 Å². The molecule has 0 aliphatic heterocycles. The standard InChI is InChI=1S/C22H19N3O4/c1-2-24-18-8-4-3-7-16(18)17-13-15(11-12-19(17)24)23-22(26)14-29-21-10-6-5-9-20(21)25(27)28/h3-13H,2,14H2,1H3,(H,23,26). The summed E-state index contributed by atoms with van der Waals surface area (Å²) in [5.74, 6) is -0.323. The van der Waals surface area contributed by atoms with Gasteiger partial charge in [0, 0.05) is 40.1 Å². The van der Waals surface area contributed by atoms with Gasteiger partial charge in [0.2, 0.25) is 0 Å². The van der Waals surface area contributed by atoms with Crippen LogP contribution < -0.4 is 10.1 Å². The van der Waals surface area contributed by atoms with Crippen LogP contribution in [0.25, 0.3) is 21.8 Å². The molecule has 3 aromatic carbocycles. The molecule has 0 aliphatic rings. The molecule has 29 heavy (non-hydrogen) atoms. The Balaban J connectivity index is 1.55. The SMILES string of the molecule is CCn1c2ccccc2c2cc(NC(=O)COc3ccccc3[N+](=O)[O-])ccc21. The molecule has 146 valence electrons. The number of amides is 1. The third kappa shape index (κ3) is 3.50.